The van der Waals surface area contributed by atoms with Gasteiger partial charge in [0.1, 0.15) is 5.82 Å². The van der Waals surface area contributed by atoms with E-state index in [1.54, 1.807) is 13.3 Å². The Balaban J connectivity index is 2.41. The average Bonchev–Trinajstić information content (AvgIpc) is 2.05. The summed E-state index contributed by atoms with van der Waals surface area (Å²) in [5.41, 5.74) is 1.10. The van der Waals surface area contributed by atoms with Crippen LogP contribution in [0.3, 0.4) is 0 Å². The second kappa shape index (κ2) is 4.66. The van der Waals surface area contributed by atoms with Gasteiger partial charge in [0.25, 0.3) is 0 Å². The molecule has 0 radical (unpaired) electrons. The molecule has 4 heteroatoms. The van der Waals surface area contributed by atoms with Crippen molar-refractivity contribution in [1.29, 1.82) is 0 Å². The van der Waals surface area contributed by atoms with Crippen LogP contribution in [0.2, 0.25) is 0 Å². The number of nitrogens with one attached hydrogen (secondary N) is 1. The highest BCUT2D eigenvalue weighted by molar-refractivity contribution is 5.34. The van der Waals surface area contributed by atoms with E-state index in [9.17, 15) is 0 Å². The van der Waals surface area contributed by atoms with Crippen molar-refractivity contribution in [2.75, 3.05) is 25.6 Å². The Bertz CT molecular complexity index is 239. The van der Waals surface area contributed by atoms with E-state index in [1.807, 2.05) is 13.0 Å². The Hall–Kier alpha value is -1.16. The van der Waals surface area contributed by atoms with Gasteiger partial charge < -0.3 is 10.1 Å². The third kappa shape index (κ3) is 2.84. The molecule has 0 aliphatic heterocycles. The van der Waals surface area contributed by atoms with Crippen LogP contribution in [0.1, 0.15) is 5.56 Å². The molecule has 0 amide bonds. The Kier molecular flexibility index (Phi) is 3.47. The lowest BCUT2D eigenvalue weighted by atomic mass is 10.3. The van der Waals surface area contributed by atoms with Crippen LogP contribution in [0.5, 0.6) is 0 Å². The van der Waals surface area contributed by atoms with E-state index in [0.717, 1.165) is 17.9 Å². The normalized spacial score (nSPS) is 9.83. The lowest BCUT2D eigenvalue weighted by molar-refractivity contribution is 0.210. The zero-order valence-corrected chi connectivity index (χ0v) is 7.37. The number of rotatable bonds is 4. The highest BCUT2D eigenvalue weighted by atomic mass is 16.5. The van der Waals surface area contributed by atoms with Gasteiger partial charge in [-0.15, -0.1) is 5.10 Å². The summed E-state index contributed by atoms with van der Waals surface area (Å²) in [4.78, 5) is 0. The van der Waals surface area contributed by atoms with E-state index < -0.39 is 0 Å². The zero-order chi connectivity index (χ0) is 8.81. The molecule has 0 aliphatic carbocycles. The molecule has 0 bridgehead atoms. The first-order valence-corrected chi connectivity index (χ1v) is 3.85. The van der Waals surface area contributed by atoms with Gasteiger partial charge in [-0.05, 0) is 18.6 Å². The van der Waals surface area contributed by atoms with Gasteiger partial charge >= 0.3 is 0 Å². The molecule has 1 aromatic rings. The number of hydrogen-bond acceptors (Lipinski definition) is 4. The SMILES string of the molecule is COCCNc1cc(C)cnn1. The fourth-order valence-corrected chi connectivity index (χ4v) is 0.831. The minimum atomic E-state index is 0.676. The second-order valence-corrected chi connectivity index (χ2v) is 2.54. The Morgan fingerprint density at radius 2 is 2.42 bits per heavy atom. The van der Waals surface area contributed by atoms with Gasteiger partial charge in [0.15, 0.2) is 0 Å². The fraction of sp³-hybridized carbons (Fsp3) is 0.500. The molecule has 4 nitrogen and oxygen atoms in total. The molecule has 1 rings (SSSR count). The molecule has 0 saturated carbocycles. The number of aryl methyl sites for hydroxylation is 1. The quantitative estimate of drug-likeness (QED) is 0.675. The number of aromatic nitrogens is 2. The summed E-state index contributed by atoms with van der Waals surface area (Å²) in [5, 5.41) is 10.8. The first kappa shape index (κ1) is 8.93. The number of ether oxygens (including phenoxy) is 1. The lowest BCUT2D eigenvalue weighted by Crippen LogP contribution is -2.09. The maximum absolute atomic E-state index is 4.88. The van der Waals surface area contributed by atoms with Crippen molar-refractivity contribution < 1.29 is 4.74 Å². The van der Waals surface area contributed by atoms with Gasteiger partial charge in [-0.3, -0.25) is 0 Å². The monoisotopic (exact) mass is 167 g/mol. The van der Waals surface area contributed by atoms with Crippen LogP contribution in [0, 0.1) is 6.92 Å². The second-order valence-electron chi connectivity index (χ2n) is 2.54. The van der Waals surface area contributed by atoms with Crippen LogP contribution in [0.4, 0.5) is 5.82 Å². The van der Waals surface area contributed by atoms with Crippen LogP contribution in [-0.2, 0) is 4.74 Å². The standard InChI is InChI=1S/C8H13N3O/c1-7-5-8(11-10-6-7)9-3-4-12-2/h5-6H,3-4H2,1-2H3,(H,9,11). The molecule has 12 heavy (non-hydrogen) atoms. The van der Waals surface area contributed by atoms with Crippen molar-refractivity contribution >= 4 is 5.82 Å². The molecule has 66 valence electrons. The first-order chi connectivity index (χ1) is 5.83. The van der Waals surface area contributed by atoms with E-state index in [0.29, 0.717) is 6.61 Å². The van der Waals surface area contributed by atoms with Crippen molar-refractivity contribution in [3.8, 4) is 0 Å². The Morgan fingerprint density at radius 3 is 3.08 bits per heavy atom. The predicted octanol–water partition coefficient (Wildman–Crippen LogP) is 0.843. The third-order valence-corrected chi connectivity index (χ3v) is 1.40. The van der Waals surface area contributed by atoms with Crippen LogP contribution in [-0.4, -0.2) is 30.5 Å². The van der Waals surface area contributed by atoms with E-state index >= 15 is 0 Å². The Labute approximate surface area is 72.0 Å². The molecule has 0 atom stereocenters. The molecule has 0 spiro atoms. The van der Waals surface area contributed by atoms with Gasteiger partial charge in [0, 0.05) is 13.7 Å². The van der Waals surface area contributed by atoms with E-state index in [1.165, 1.54) is 0 Å². The van der Waals surface area contributed by atoms with Crippen molar-refractivity contribution in [1.82, 2.24) is 10.2 Å². The zero-order valence-electron chi connectivity index (χ0n) is 7.37. The smallest absolute Gasteiger partial charge is 0.148 e. The third-order valence-electron chi connectivity index (χ3n) is 1.40. The molecular weight excluding hydrogens is 154 g/mol. The fourth-order valence-electron chi connectivity index (χ4n) is 0.831. The maximum Gasteiger partial charge on any atom is 0.148 e. The van der Waals surface area contributed by atoms with Gasteiger partial charge in [-0.1, -0.05) is 0 Å². The van der Waals surface area contributed by atoms with Crippen LogP contribution >= 0.6 is 0 Å². The minimum absolute atomic E-state index is 0.676. The Morgan fingerprint density at radius 1 is 1.58 bits per heavy atom. The summed E-state index contributed by atoms with van der Waals surface area (Å²) < 4.78 is 4.88. The van der Waals surface area contributed by atoms with E-state index in [4.69, 9.17) is 4.74 Å². The average molecular weight is 167 g/mol. The van der Waals surface area contributed by atoms with E-state index in [2.05, 4.69) is 15.5 Å². The number of nitrogens with zero attached hydrogens (tertiary/aromatic N) is 2. The van der Waals surface area contributed by atoms with Crippen molar-refractivity contribution in [3.05, 3.63) is 17.8 Å². The summed E-state index contributed by atoms with van der Waals surface area (Å²) in [7, 11) is 1.67. The van der Waals surface area contributed by atoms with Gasteiger partial charge in [0.05, 0.1) is 12.8 Å². The highest BCUT2D eigenvalue weighted by Gasteiger charge is 1.92. The van der Waals surface area contributed by atoms with Crippen molar-refractivity contribution in [2.45, 2.75) is 6.92 Å². The molecule has 0 saturated heterocycles. The summed E-state index contributed by atoms with van der Waals surface area (Å²) in [6, 6.07) is 1.95. The van der Waals surface area contributed by atoms with Gasteiger partial charge in [-0.25, -0.2) is 0 Å². The summed E-state index contributed by atoms with van der Waals surface area (Å²) >= 11 is 0. The molecule has 1 N–H and O–H groups in total. The van der Waals surface area contributed by atoms with Gasteiger partial charge in [0.2, 0.25) is 0 Å². The number of anilines is 1. The van der Waals surface area contributed by atoms with Gasteiger partial charge in [-0.2, -0.15) is 5.10 Å². The molecular formula is C8H13N3O. The molecule has 0 unspecified atom stereocenters. The van der Waals surface area contributed by atoms with Crippen LogP contribution in [0.25, 0.3) is 0 Å². The maximum atomic E-state index is 4.88. The molecule has 1 heterocycles. The number of hydrogen-bond donors (Lipinski definition) is 1. The molecule has 0 aromatic carbocycles. The summed E-state index contributed by atoms with van der Waals surface area (Å²) in [6.07, 6.45) is 1.72. The summed E-state index contributed by atoms with van der Waals surface area (Å²) in [6.45, 7) is 3.42. The van der Waals surface area contributed by atoms with Crippen LogP contribution < -0.4 is 5.32 Å². The topological polar surface area (TPSA) is 47.0 Å². The number of methoxy groups -OCH3 is 1. The summed E-state index contributed by atoms with van der Waals surface area (Å²) in [5.74, 6) is 0.798. The highest BCUT2D eigenvalue weighted by Crippen LogP contribution is 2.01. The molecule has 1 aromatic heterocycles. The lowest BCUT2D eigenvalue weighted by Gasteiger charge is -2.03. The molecule has 0 aliphatic rings. The predicted molar refractivity (Wildman–Crippen MR) is 47.1 cm³/mol. The van der Waals surface area contributed by atoms with Crippen LogP contribution in [0.15, 0.2) is 12.3 Å². The van der Waals surface area contributed by atoms with Crippen molar-refractivity contribution in [3.63, 3.8) is 0 Å². The largest absolute Gasteiger partial charge is 0.383 e. The van der Waals surface area contributed by atoms with E-state index in [-0.39, 0.29) is 0 Å². The first-order valence-electron chi connectivity index (χ1n) is 3.85. The van der Waals surface area contributed by atoms with Crippen molar-refractivity contribution in [2.24, 2.45) is 0 Å². The molecule has 0 fully saturated rings. The minimum Gasteiger partial charge on any atom is -0.383 e.